The minimum atomic E-state index is -2.35. The summed E-state index contributed by atoms with van der Waals surface area (Å²) in [5.41, 5.74) is 6.60. The summed E-state index contributed by atoms with van der Waals surface area (Å²) < 4.78 is 21.9. The van der Waals surface area contributed by atoms with Gasteiger partial charge in [-0.1, -0.05) is 11.6 Å². The van der Waals surface area contributed by atoms with E-state index in [2.05, 4.69) is 16.6 Å². The summed E-state index contributed by atoms with van der Waals surface area (Å²) in [6.07, 6.45) is 7.53. The van der Waals surface area contributed by atoms with E-state index < -0.39 is 9.73 Å². The lowest BCUT2D eigenvalue weighted by Crippen LogP contribution is -2.30. The summed E-state index contributed by atoms with van der Waals surface area (Å²) in [4.78, 5) is 15.9. The first-order valence-corrected chi connectivity index (χ1v) is 15.5. The van der Waals surface area contributed by atoms with E-state index in [-0.39, 0.29) is 11.7 Å². The highest BCUT2D eigenvalue weighted by molar-refractivity contribution is 7.92. The van der Waals surface area contributed by atoms with Crippen LogP contribution in [0.3, 0.4) is 0 Å². The second-order valence-corrected chi connectivity index (χ2v) is 13.5. The van der Waals surface area contributed by atoms with Crippen molar-refractivity contribution in [2.24, 2.45) is 4.36 Å². The highest BCUT2D eigenvalue weighted by Crippen LogP contribution is 2.33. The first-order chi connectivity index (χ1) is 18.4. The van der Waals surface area contributed by atoms with Crippen LogP contribution in [0, 0.1) is 13.8 Å². The van der Waals surface area contributed by atoms with Crippen molar-refractivity contribution in [3.63, 3.8) is 0 Å². The van der Waals surface area contributed by atoms with E-state index in [0.717, 1.165) is 51.7 Å². The van der Waals surface area contributed by atoms with Crippen molar-refractivity contribution < 1.29 is 4.21 Å². The molecule has 11 heteroatoms. The van der Waals surface area contributed by atoms with Gasteiger partial charge in [-0.15, -0.1) is 0 Å². The van der Waals surface area contributed by atoms with E-state index in [0.29, 0.717) is 17.2 Å². The SMILES string of the molecule is Cc1cc(-n2nc3c(c2-n2ccn(-c4ccc(N=S(C)(C)=O)c(N(C)C)c4)c2=O)[C@H](C)NCC3)cc(C)c1Cl. The quantitative estimate of drug-likeness (QED) is 0.377. The molecule has 0 bridgehead atoms. The van der Waals surface area contributed by atoms with E-state index in [9.17, 15) is 9.00 Å². The van der Waals surface area contributed by atoms with E-state index in [1.807, 2.05) is 61.8 Å². The number of imidazole rings is 1. The zero-order valence-electron chi connectivity index (χ0n) is 23.3. The van der Waals surface area contributed by atoms with Crippen LogP contribution in [0.15, 0.2) is 51.9 Å². The molecule has 9 nitrogen and oxygen atoms in total. The molecule has 206 valence electrons. The van der Waals surface area contributed by atoms with Gasteiger partial charge in [-0.2, -0.15) is 9.46 Å². The number of rotatable bonds is 5. The summed E-state index contributed by atoms with van der Waals surface area (Å²) in [5, 5.41) is 9.22. The Morgan fingerprint density at radius 2 is 1.74 bits per heavy atom. The van der Waals surface area contributed by atoms with Crippen molar-refractivity contribution >= 4 is 32.7 Å². The first kappa shape index (κ1) is 27.2. The van der Waals surface area contributed by atoms with Gasteiger partial charge in [0.2, 0.25) is 0 Å². The number of hydrogen-bond donors (Lipinski definition) is 1. The molecular formula is C28H34ClN7O2S. The molecule has 1 aliphatic rings. The van der Waals surface area contributed by atoms with Gasteiger partial charge in [0.05, 0.1) is 28.4 Å². The zero-order valence-corrected chi connectivity index (χ0v) is 24.9. The third kappa shape index (κ3) is 5.04. The van der Waals surface area contributed by atoms with Gasteiger partial charge in [0.25, 0.3) is 0 Å². The maximum atomic E-state index is 14.0. The molecule has 2 aromatic carbocycles. The standard InChI is InChI=1S/C28H34ClN7O2S/c1-17-14-21(15-18(2)26(17)29)36-27(25-19(3)30-11-10-23(25)31-36)35-13-12-34(28(35)37)20-8-9-22(32-39(6,7)38)24(16-20)33(4)5/h8-9,12-16,19,30H,10-11H2,1-7H3/t19-/m0/s1. The maximum Gasteiger partial charge on any atom is 0.338 e. The van der Waals surface area contributed by atoms with E-state index in [1.54, 1.807) is 40.1 Å². The van der Waals surface area contributed by atoms with Gasteiger partial charge in [-0.05, 0) is 62.2 Å². The van der Waals surface area contributed by atoms with Gasteiger partial charge in [0, 0.05) is 78.3 Å². The van der Waals surface area contributed by atoms with Gasteiger partial charge < -0.3 is 10.2 Å². The van der Waals surface area contributed by atoms with Crippen LogP contribution in [0.4, 0.5) is 11.4 Å². The van der Waals surface area contributed by atoms with Crippen molar-refractivity contribution in [2.75, 3.05) is 38.1 Å². The normalized spacial score (nSPS) is 15.3. The molecule has 0 amide bonds. The average molecular weight is 568 g/mol. The highest BCUT2D eigenvalue weighted by Gasteiger charge is 2.29. The molecule has 2 aromatic heterocycles. The number of fused-ring (bicyclic) bond motifs is 1. The Hall–Kier alpha value is -3.34. The topological polar surface area (TPSA) is 89.5 Å². The monoisotopic (exact) mass is 567 g/mol. The van der Waals surface area contributed by atoms with E-state index >= 15 is 0 Å². The van der Waals surface area contributed by atoms with Crippen molar-refractivity contribution in [2.45, 2.75) is 33.2 Å². The Bertz CT molecular complexity index is 1740. The number of nitrogens with one attached hydrogen (secondary N) is 1. The van der Waals surface area contributed by atoms with Crippen LogP contribution in [0.2, 0.25) is 5.02 Å². The molecule has 3 heterocycles. The Balaban J connectivity index is 1.71. The second kappa shape index (κ2) is 10.0. The Kier molecular flexibility index (Phi) is 6.98. The summed E-state index contributed by atoms with van der Waals surface area (Å²) >= 11 is 6.47. The van der Waals surface area contributed by atoms with Crippen LogP contribution in [0.5, 0.6) is 0 Å². The molecule has 1 atom stereocenters. The van der Waals surface area contributed by atoms with Crippen LogP contribution < -0.4 is 15.9 Å². The molecule has 39 heavy (non-hydrogen) atoms. The number of hydrogen-bond acceptors (Lipinski definition) is 6. The molecule has 0 fully saturated rings. The van der Waals surface area contributed by atoms with Gasteiger partial charge in [0.15, 0.2) is 0 Å². The summed E-state index contributed by atoms with van der Waals surface area (Å²) in [6.45, 7) is 6.87. The first-order valence-electron chi connectivity index (χ1n) is 12.8. The average Bonchev–Trinajstić information content (AvgIpc) is 3.42. The third-order valence-corrected chi connectivity index (χ3v) is 8.16. The Morgan fingerprint density at radius 3 is 2.38 bits per heavy atom. The van der Waals surface area contributed by atoms with Gasteiger partial charge in [-0.25, -0.2) is 13.7 Å². The fourth-order valence-corrected chi connectivity index (χ4v) is 5.87. The minimum absolute atomic E-state index is 0.0291. The number of aromatic nitrogens is 4. The molecule has 5 rings (SSSR count). The number of nitrogens with zero attached hydrogens (tertiary/aromatic N) is 6. The molecule has 0 saturated carbocycles. The second-order valence-electron chi connectivity index (χ2n) is 10.6. The van der Waals surface area contributed by atoms with Crippen LogP contribution in [-0.2, 0) is 16.1 Å². The molecule has 0 spiro atoms. The fraction of sp³-hybridized carbons (Fsp3) is 0.357. The minimum Gasteiger partial charge on any atom is -0.376 e. The van der Waals surface area contributed by atoms with Gasteiger partial charge in [0.1, 0.15) is 5.82 Å². The molecule has 0 aliphatic carbocycles. The van der Waals surface area contributed by atoms with E-state index in [4.69, 9.17) is 16.7 Å². The van der Waals surface area contributed by atoms with Crippen molar-refractivity contribution in [3.8, 4) is 17.2 Å². The maximum absolute atomic E-state index is 14.0. The van der Waals surface area contributed by atoms with Crippen molar-refractivity contribution in [3.05, 3.63) is 80.6 Å². The number of benzene rings is 2. The predicted molar refractivity (Wildman–Crippen MR) is 159 cm³/mol. The molecule has 0 radical (unpaired) electrons. The summed E-state index contributed by atoms with van der Waals surface area (Å²) in [5.74, 6) is 0.714. The van der Waals surface area contributed by atoms with Gasteiger partial charge in [-0.3, -0.25) is 9.13 Å². The predicted octanol–water partition coefficient (Wildman–Crippen LogP) is 4.72. The Morgan fingerprint density at radius 1 is 1.08 bits per heavy atom. The largest absolute Gasteiger partial charge is 0.376 e. The lowest BCUT2D eigenvalue weighted by molar-refractivity contribution is 0.536. The molecule has 1 aliphatic heterocycles. The van der Waals surface area contributed by atoms with Crippen LogP contribution in [0.1, 0.15) is 35.3 Å². The molecule has 4 aromatic rings. The van der Waals surface area contributed by atoms with Crippen molar-refractivity contribution in [1.29, 1.82) is 0 Å². The van der Waals surface area contributed by atoms with Gasteiger partial charge >= 0.3 is 5.69 Å². The summed E-state index contributed by atoms with van der Waals surface area (Å²) in [6, 6.07) is 9.55. The highest BCUT2D eigenvalue weighted by atomic mass is 35.5. The molecule has 0 saturated heterocycles. The Labute approximate surface area is 234 Å². The lowest BCUT2D eigenvalue weighted by Gasteiger charge is -2.21. The summed E-state index contributed by atoms with van der Waals surface area (Å²) in [7, 11) is 1.45. The zero-order chi connectivity index (χ0) is 28.2. The number of aryl methyl sites for hydroxylation is 2. The van der Waals surface area contributed by atoms with Crippen LogP contribution in [0.25, 0.3) is 17.2 Å². The van der Waals surface area contributed by atoms with Crippen LogP contribution >= 0.6 is 11.6 Å². The smallest absolute Gasteiger partial charge is 0.338 e. The van der Waals surface area contributed by atoms with Crippen molar-refractivity contribution in [1.82, 2.24) is 24.2 Å². The van der Waals surface area contributed by atoms with E-state index in [1.165, 1.54) is 0 Å². The fourth-order valence-electron chi connectivity index (χ4n) is 5.13. The molecule has 0 unspecified atom stereocenters. The molecular weight excluding hydrogens is 534 g/mol. The number of halogens is 1. The van der Waals surface area contributed by atoms with Crippen LogP contribution in [-0.4, -0.2) is 56.3 Å². The lowest BCUT2D eigenvalue weighted by atomic mass is 10.0. The number of anilines is 1. The molecule has 1 N–H and O–H groups in total. The third-order valence-electron chi connectivity index (χ3n) is 6.93.